The summed E-state index contributed by atoms with van der Waals surface area (Å²) in [6.07, 6.45) is 1.61. The molecule has 1 atom stereocenters. The van der Waals surface area contributed by atoms with Crippen LogP contribution in [0.1, 0.15) is 16.2 Å². The molecule has 1 amide bonds. The zero-order valence-electron chi connectivity index (χ0n) is 13.5. The molecule has 1 fully saturated rings. The minimum absolute atomic E-state index is 0.00533. The number of anilines is 1. The van der Waals surface area contributed by atoms with Gasteiger partial charge in [0, 0.05) is 38.1 Å². The fourth-order valence-corrected chi connectivity index (χ4v) is 2.67. The van der Waals surface area contributed by atoms with E-state index in [1.807, 2.05) is 6.92 Å². The van der Waals surface area contributed by atoms with Crippen LogP contribution in [-0.4, -0.2) is 63.2 Å². The third-order valence-corrected chi connectivity index (χ3v) is 3.96. The van der Waals surface area contributed by atoms with Crippen LogP contribution in [0, 0.1) is 12.8 Å². The number of aryl methyl sites for hydroxylation is 1. The lowest BCUT2D eigenvalue weighted by Crippen LogP contribution is -2.38. The average molecular weight is 347 g/mol. The average Bonchev–Trinajstić information content (AvgIpc) is 2.88. The highest BCUT2D eigenvalue weighted by molar-refractivity contribution is 5.91. The number of carbonyl (C=O) groups is 2. The molecule has 25 heavy (non-hydrogen) atoms. The number of hydrogen-bond acceptors (Lipinski definition) is 7. The van der Waals surface area contributed by atoms with Crippen molar-refractivity contribution < 1.29 is 19.2 Å². The van der Waals surface area contributed by atoms with Gasteiger partial charge in [0.05, 0.1) is 12.0 Å². The smallest absolute Gasteiger partial charge is 0.310 e. The van der Waals surface area contributed by atoms with Gasteiger partial charge in [-0.15, -0.1) is 0 Å². The Kier molecular flexibility index (Phi) is 4.50. The number of carboxylic acids is 1. The van der Waals surface area contributed by atoms with Crippen LogP contribution in [0.15, 0.2) is 27.6 Å². The van der Waals surface area contributed by atoms with E-state index in [0.29, 0.717) is 12.5 Å². The van der Waals surface area contributed by atoms with Gasteiger partial charge < -0.3 is 19.4 Å². The summed E-state index contributed by atoms with van der Waals surface area (Å²) < 4.78 is 4.83. The first-order valence-corrected chi connectivity index (χ1v) is 7.69. The second-order valence-electron chi connectivity index (χ2n) is 5.81. The van der Waals surface area contributed by atoms with E-state index < -0.39 is 23.4 Å². The third kappa shape index (κ3) is 3.67. The van der Waals surface area contributed by atoms with E-state index in [-0.39, 0.29) is 25.4 Å². The Balaban J connectivity index is 1.83. The molecule has 1 saturated heterocycles. The maximum Gasteiger partial charge on any atom is 0.310 e. The van der Waals surface area contributed by atoms with Crippen LogP contribution in [-0.2, 0) is 4.79 Å². The van der Waals surface area contributed by atoms with Gasteiger partial charge in [-0.05, 0) is 13.0 Å². The summed E-state index contributed by atoms with van der Waals surface area (Å²) >= 11 is 0. The Bertz CT molecular complexity index is 845. The van der Waals surface area contributed by atoms with Crippen molar-refractivity contribution in [2.24, 2.45) is 5.92 Å². The maximum absolute atomic E-state index is 12.5. The molecule has 3 rings (SSSR count). The summed E-state index contributed by atoms with van der Waals surface area (Å²) in [5.74, 6) is -2.09. The molecule has 2 N–H and O–H groups in total. The minimum atomic E-state index is -1.02. The molecule has 0 radical (unpaired) electrons. The highest BCUT2D eigenvalue weighted by Gasteiger charge is 2.32. The minimum Gasteiger partial charge on any atom is -0.481 e. The summed E-state index contributed by atoms with van der Waals surface area (Å²) in [5.41, 5.74) is 0.242. The maximum atomic E-state index is 12.5. The summed E-state index contributed by atoms with van der Waals surface area (Å²) in [6, 6.07) is 2.80. The summed E-state index contributed by atoms with van der Waals surface area (Å²) in [4.78, 5) is 46.8. The summed E-state index contributed by atoms with van der Waals surface area (Å²) in [7, 11) is 0. The first-order valence-electron chi connectivity index (χ1n) is 7.69. The van der Waals surface area contributed by atoms with Crippen molar-refractivity contribution in [1.82, 2.24) is 20.0 Å². The molecule has 0 aromatic carbocycles. The van der Waals surface area contributed by atoms with Gasteiger partial charge in [0.15, 0.2) is 0 Å². The molecule has 0 aliphatic carbocycles. The Morgan fingerprint density at radius 2 is 2.16 bits per heavy atom. The molecule has 0 spiro atoms. The second kappa shape index (κ2) is 6.75. The van der Waals surface area contributed by atoms with Crippen LogP contribution < -0.4 is 10.5 Å². The van der Waals surface area contributed by atoms with Gasteiger partial charge in [0.1, 0.15) is 0 Å². The van der Waals surface area contributed by atoms with Gasteiger partial charge in [-0.1, -0.05) is 0 Å². The molecular formula is C15H17N5O5. The number of amides is 1. The second-order valence-corrected chi connectivity index (χ2v) is 5.81. The number of aliphatic carboxylic acids is 1. The van der Waals surface area contributed by atoms with Crippen molar-refractivity contribution >= 4 is 17.8 Å². The number of H-pyrrole nitrogens is 1. The van der Waals surface area contributed by atoms with Gasteiger partial charge in [0.2, 0.25) is 11.7 Å². The predicted octanol–water partition coefficient (Wildman–Crippen LogP) is -0.270. The Morgan fingerprint density at radius 1 is 1.36 bits per heavy atom. The number of carbonyl (C=O) groups excluding carboxylic acids is 1. The lowest BCUT2D eigenvalue weighted by atomic mass is 10.1. The largest absolute Gasteiger partial charge is 0.481 e. The molecule has 10 nitrogen and oxygen atoms in total. The summed E-state index contributed by atoms with van der Waals surface area (Å²) in [5, 5.41) is 11.5. The van der Waals surface area contributed by atoms with Crippen molar-refractivity contribution in [2.45, 2.75) is 6.92 Å². The Morgan fingerprint density at radius 3 is 2.80 bits per heavy atom. The number of nitrogens with zero attached hydrogens (tertiary/aromatic N) is 4. The van der Waals surface area contributed by atoms with E-state index in [1.54, 1.807) is 17.2 Å². The van der Waals surface area contributed by atoms with Crippen LogP contribution in [0.2, 0.25) is 0 Å². The van der Waals surface area contributed by atoms with E-state index in [0.717, 1.165) is 11.8 Å². The molecule has 2 aromatic rings. The molecule has 2 aromatic heterocycles. The number of aromatic nitrogens is 3. The van der Waals surface area contributed by atoms with Gasteiger partial charge in [-0.25, -0.2) is 9.97 Å². The lowest BCUT2D eigenvalue weighted by Gasteiger charge is -2.21. The number of rotatable bonds is 3. The van der Waals surface area contributed by atoms with Crippen LogP contribution >= 0.6 is 0 Å². The Hall–Kier alpha value is -3.17. The predicted molar refractivity (Wildman–Crippen MR) is 85.3 cm³/mol. The Labute approximate surface area is 142 Å². The highest BCUT2D eigenvalue weighted by Crippen LogP contribution is 2.17. The monoisotopic (exact) mass is 347 g/mol. The molecule has 0 saturated carbocycles. The normalized spacial score (nSPS) is 18.0. The molecule has 3 heterocycles. The molecule has 132 valence electrons. The van der Waals surface area contributed by atoms with Gasteiger partial charge in [-0.3, -0.25) is 14.4 Å². The fraction of sp³-hybridized carbons (Fsp3) is 0.400. The number of hydrogen-bond donors (Lipinski definition) is 2. The lowest BCUT2D eigenvalue weighted by molar-refractivity contribution is -0.141. The van der Waals surface area contributed by atoms with E-state index in [4.69, 9.17) is 4.52 Å². The molecule has 10 heteroatoms. The van der Waals surface area contributed by atoms with E-state index in [9.17, 15) is 19.5 Å². The van der Waals surface area contributed by atoms with Gasteiger partial charge >= 0.3 is 5.97 Å². The SMILES string of the molecule is Cc1ccnc(N2CCN(C(=O)c3cc(=O)[nH]o3)CC(C(=O)O)C2)n1. The van der Waals surface area contributed by atoms with Crippen molar-refractivity contribution in [1.29, 1.82) is 0 Å². The number of nitrogens with one attached hydrogen (secondary N) is 1. The standard InChI is InChI=1S/C15H17N5O5/c1-9-2-3-16-15(17-9)20-5-4-19(7-10(8-20)14(23)24)13(22)11-6-12(21)18-25-11/h2-3,6,10H,4-5,7-8H2,1H3,(H,18,21)(H,23,24). The van der Waals surface area contributed by atoms with Crippen molar-refractivity contribution in [3.63, 3.8) is 0 Å². The molecular weight excluding hydrogens is 330 g/mol. The third-order valence-electron chi connectivity index (χ3n) is 3.96. The molecule has 1 aliphatic heterocycles. The first-order chi connectivity index (χ1) is 11.9. The van der Waals surface area contributed by atoms with Gasteiger partial charge in [-0.2, -0.15) is 5.16 Å². The zero-order chi connectivity index (χ0) is 18.0. The van der Waals surface area contributed by atoms with E-state index >= 15 is 0 Å². The van der Waals surface area contributed by atoms with Crippen molar-refractivity contribution in [2.75, 3.05) is 31.1 Å². The molecule has 0 bridgehead atoms. The van der Waals surface area contributed by atoms with Gasteiger partial charge in [0.25, 0.3) is 11.5 Å². The fourth-order valence-electron chi connectivity index (χ4n) is 2.67. The first kappa shape index (κ1) is 16.7. The van der Waals surface area contributed by atoms with Crippen LogP contribution in [0.25, 0.3) is 0 Å². The van der Waals surface area contributed by atoms with E-state index in [2.05, 4.69) is 15.1 Å². The quantitative estimate of drug-likeness (QED) is 0.775. The van der Waals surface area contributed by atoms with E-state index in [1.165, 1.54) is 4.90 Å². The van der Waals surface area contributed by atoms with Crippen molar-refractivity contribution in [3.05, 3.63) is 40.1 Å². The van der Waals surface area contributed by atoms with Crippen LogP contribution in [0.3, 0.4) is 0 Å². The molecule has 1 aliphatic rings. The van der Waals surface area contributed by atoms with Crippen LogP contribution in [0.5, 0.6) is 0 Å². The number of aromatic amines is 1. The number of carboxylic acid groups (broad SMARTS) is 1. The zero-order valence-corrected chi connectivity index (χ0v) is 13.5. The van der Waals surface area contributed by atoms with Crippen LogP contribution in [0.4, 0.5) is 5.95 Å². The highest BCUT2D eigenvalue weighted by atomic mass is 16.5. The topological polar surface area (TPSA) is 133 Å². The molecule has 1 unspecified atom stereocenters. The summed E-state index contributed by atoms with van der Waals surface area (Å²) in [6.45, 7) is 2.63. The van der Waals surface area contributed by atoms with Crippen molar-refractivity contribution in [3.8, 4) is 0 Å².